The number of thiazole rings is 1. The number of anilines is 1. The van der Waals surface area contributed by atoms with Gasteiger partial charge in [0.05, 0.1) is 5.69 Å². The van der Waals surface area contributed by atoms with E-state index in [0.29, 0.717) is 13.1 Å². The topological polar surface area (TPSA) is 65.5 Å². The van der Waals surface area contributed by atoms with Crippen molar-refractivity contribution in [1.29, 1.82) is 0 Å². The average Bonchev–Trinajstić information content (AvgIpc) is 2.98. The summed E-state index contributed by atoms with van der Waals surface area (Å²) >= 11 is 1.47. The van der Waals surface area contributed by atoms with Gasteiger partial charge in [0.25, 0.3) is 0 Å². The van der Waals surface area contributed by atoms with Crippen LogP contribution in [0, 0.1) is 5.82 Å². The molecule has 110 valence electrons. The van der Waals surface area contributed by atoms with Crippen LogP contribution in [0.3, 0.4) is 0 Å². The van der Waals surface area contributed by atoms with E-state index in [9.17, 15) is 9.18 Å². The summed E-state index contributed by atoms with van der Waals surface area (Å²) in [6.07, 6.45) is 0. The Morgan fingerprint density at radius 1 is 1.43 bits per heavy atom. The molecule has 1 aromatic carbocycles. The molecule has 1 fully saturated rings. The van der Waals surface area contributed by atoms with Crippen LogP contribution in [-0.4, -0.2) is 41.7 Å². The smallest absolute Gasteiger partial charge is 0.322 e. The van der Waals surface area contributed by atoms with Crippen LogP contribution in [-0.2, 0) is 4.79 Å². The summed E-state index contributed by atoms with van der Waals surface area (Å²) in [6, 6.07) is 5.61. The summed E-state index contributed by atoms with van der Waals surface area (Å²) < 4.78 is 12.9. The Bertz CT molecular complexity index is 644. The Labute approximate surface area is 125 Å². The van der Waals surface area contributed by atoms with Crippen molar-refractivity contribution in [2.45, 2.75) is 6.04 Å². The SMILES string of the molecule is O=C(O)C1CN(c2nc(-c3ccc(F)cc3)cs2)CCN1. The van der Waals surface area contributed by atoms with E-state index in [1.165, 1.54) is 23.5 Å². The van der Waals surface area contributed by atoms with E-state index in [-0.39, 0.29) is 5.82 Å². The fourth-order valence-corrected chi connectivity index (χ4v) is 3.12. The van der Waals surface area contributed by atoms with Crippen LogP contribution in [0.2, 0.25) is 0 Å². The molecule has 5 nitrogen and oxygen atoms in total. The van der Waals surface area contributed by atoms with E-state index in [0.717, 1.165) is 22.9 Å². The van der Waals surface area contributed by atoms with Crippen molar-refractivity contribution in [3.05, 3.63) is 35.5 Å². The first-order chi connectivity index (χ1) is 10.1. The summed E-state index contributed by atoms with van der Waals surface area (Å²) in [7, 11) is 0. The fraction of sp³-hybridized carbons (Fsp3) is 0.286. The second kappa shape index (κ2) is 5.79. The third kappa shape index (κ3) is 3.03. The highest BCUT2D eigenvalue weighted by molar-refractivity contribution is 7.14. The van der Waals surface area contributed by atoms with Gasteiger partial charge in [-0.2, -0.15) is 0 Å². The second-order valence-corrected chi connectivity index (χ2v) is 5.65. The summed E-state index contributed by atoms with van der Waals surface area (Å²) in [6.45, 7) is 1.73. The third-order valence-electron chi connectivity index (χ3n) is 3.38. The lowest BCUT2D eigenvalue weighted by atomic mass is 10.2. The Kier molecular flexibility index (Phi) is 3.85. The quantitative estimate of drug-likeness (QED) is 0.905. The highest BCUT2D eigenvalue weighted by Gasteiger charge is 2.26. The molecular formula is C14H14FN3O2S. The molecule has 0 saturated carbocycles. The predicted octanol–water partition coefficient (Wildman–Crippen LogP) is 1.81. The average molecular weight is 307 g/mol. The highest BCUT2D eigenvalue weighted by Crippen LogP contribution is 2.28. The molecule has 0 amide bonds. The van der Waals surface area contributed by atoms with Crippen LogP contribution < -0.4 is 10.2 Å². The van der Waals surface area contributed by atoms with Crippen molar-refractivity contribution in [2.75, 3.05) is 24.5 Å². The number of nitrogens with zero attached hydrogens (tertiary/aromatic N) is 2. The molecule has 0 aliphatic carbocycles. The van der Waals surface area contributed by atoms with Crippen molar-refractivity contribution in [2.24, 2.45) is 0 Å². The lowest BCUT2D eigenvalue weighted by Crippen LogP contribution is -2.54. The van der Waals surface area contributed by atoms with Gasteiger partial charge in [0, 0.05) is 30.6 Å². The number of rotatable bonds is 3. The number of carboxylic acid groups (broad SMARTS) is 1. The molecule has 1 aliphatic heterocycles. The number of piperazine rings is 1. The maximum atomic E-state index is 12.9. The molecule has 0 spiro atoms. The van der Waals surface area contributed by atoms with Crippen LogP contribution in [0.1, 0.15) is 0 Å². The first-order valence-electron chi connectivity index (χ1n) is 6.56. The van der Waals surface area contributed by atoms with E-state index >= 15 is 0 Å². The van der Waals surface area contributed by atoms with Crippen molar-refractivity contribution in [1.82, 2.24) is 10.3 Å². The minimum Gasteiger partial charge on any atom is -0.480 e. The Morgan fingerprint density at radius 2 is 2.19 bits per heavy atom. The molecule has 2 N–H and O–H groups in total. The molecule has 0 bridgehead atoms. The zero-order chi connectivity index (χ0) is 14.8. The van der Waals surface area contributed by atoms with E-state index in [2.05, 4.69) is 10.3 Å². The second-order valence-electron chi connectivity index (χ2n) is 4.81. The molecule has 1 unspecified atom stereocenters. The van der Waals surface area contributed by atoms with Gasteiger partial charge < -0.3 is 15.3 Å². The minimum atomic E-state index is -0.852. The van der Waals surface area contributed by atoms with Gasteiger partial charge >= 0.3 is 5.97 Å². The monoisotopic (exact) mass is 307 g/mol. The number of aliphatic carboxylic acids is 1. The number of hydrogen-bond acceptors (Lipinski definition) is 5. The summed E-state index contributed by atoms with van der Waals surface area (Å²) in [5.41, 5.74) is 1.63. The van der Waals surface area contributed by atoms with E-state index in [4.69, 9.17) is 5.11 Å². The number of aromatic nitrogens is 1. The summed E-state index contributed by atoms with van der Waals surface area (Å²) in [4.78, 5) is 17.5. The molecular weight excluding hydrogens is 293 g/mol. The third-order valence-corrected chi connectivity index (χ3v) is 4.28. The van der Waals surface area contributed by atoms with Crippen LogP contribution in [0.15, 0.2) is 29.6 Å². The molecule has 1 atom stereocenters. The lowest BCUT2D eigenvalue weighted by Gasteiger charge is -2.31. The largest absolute Gasteiger partial charge is 0.480 e. The molecule has 7 heteroatoms. The number of benzene rings is 1. The number of nitrogens with one attached hydrogen (secondary N) is 1. The zero-order valence-corrected chi connectivity index (χ0v) is 11.9. The zero-order valence-electron chi connectivity index (χ0n) is 11.1. The van der Waals surface area contributed by atoms with E-state index in [1.807, 2.05) is 10.3 Å². The Hall–Kier alpha value is -1.99. The van der Waals surface area contributed by atoms with Crippen molar-refractivity contribution < 1.29 is 14.3 Å². The van der Waals surface area contributed by atoms with Crippen LogP contribution >= 0.6 is 11.3 Å². The van der Waals surface area contributed by atoms with Gasteiger partial charge in [-0.1, -0.05) is 0 Å². The van der Waals surface area contributed by atoms with Crippen molar-refractivity contribution in [3.63, 3.8) is 0 Å². The lowest BCUT2D eigenvalue weighted by molar-refractivity contribution is -0.139. The van der Waals surface area contributed by atoms with Gasteiger partial charge in [-0.15, -0.1) is 11.3 Å². The van der Waals surface area contributed by atoms with Gasteiger partial charge in [-0.3, -0.25) is 4.79 Å². The van der Waals surface area contributed by atoms with Gasteiger partial charge in [-0.05, 0) is 24.3 Å². The Morgan fingerprint density at radius 3 is 2.90 bits per heavy atom. The normalized spacial score (nSPS) is 18.7. The van der Waals surface area contributed by atoms with Crippen LogP contribution in [0.4, 0.5) is 9.52 Å². The predicted molar refractivity (Wildman–Crippen MR) is 79.1 cm³/mol. The number of halogens is 1. The molecule has 1 aliphatic rings. The maximum absolute atomic E-state index is 12.9. The number of hydrogen-bond donors (Lipinski definition) is 2. The maximum Gasteiger partial charge on any atom is 0.322 e. The molecule has 1 aromatic heterocycles. The molecule has 0 radical (unpaired) electrons. The Balaban J connectivity index is 1.78. The molecule has 1 saturated heterocycles. The van der Waals surface area contributed by atoms with Gasteiger partial charge in [0.2, 0.25) is 0 Å². The standard InChI is InChI=1S/C14H14FN3O2S/c15-10-3-1-9(2-4-10)12-8-21-14(17-12)18-6-5-16-11(7-18)13(19)20/h1-4,8,11,16H,5-7H2,(H,19,20). The molecule has 3 rings (SSSR count). The summed E-state index contributed by atoms with van der Waals surface area (Å²) in [5, 5.41) is 14.7. The molecule has 2 aromatic rings. The molecule has 2 heterocycles. The van der Waals surface area contributed by atoms with Crippen molar-refractivity contribution >= 4 is 22.4 Å². The van der Waals surface area contributed by atoms with E-state index < -0.39 is 12.0 Å². The van der Waals surface area contributed by atoms with Gasteiger partial charge in [-0.25, -0.2) is 9.37 Å². The minimum absolute atomic E-state index is 0.277. The first kappa shape index (κ1) is 14.0. The van der Waals surface area contributed by atoms with Gasteiger partial charge in [0.15, 0.2) is 5.13 Å². The van der Waals surface area contributed by atoms with Gasteiger partial charge in [0.1, 0.15) is 11.9 Å². The summed E-state index contributed by atoms with van der Waals surface area (Å²) in [5.74, 6) is -1.13. The number of carboxylic acids is 1. The van der Waals surface area contributed by atoms with E-state index in [1.54, 1.807) is 12.1 Å². The number of carbonyl (C=O) groups is 1. The molecule has 21 heavy (non-hydrogen) atoms. The van der Waals surface area contributed by atoms with Crippen LogP contribution in [0.25, 0.3) is 11.3 Å². The van der Waals surface area contributed by atoms with Crippen molar-refractivity contribution in [3.8, 4) is 11.3 Å². The fourth-order valence-electron chi connectivity index (χ4n) is 2.25. The highest BCUT2D eigenvalue weighted by atomic mass is 32.1. The van der Waals surface area contributed by atoms with Crippen LogP contribution in [0.5, 0.6) is 0 Å². The first-order valence-corrected chi connectivity index (χ1v) is 7.44.